The number of ether oxygens (including phenoxy) is 1. The van der Waals surface area contributed by atoms with Gasteiger partial charge in [0.2, 0.25) is 0 Å². The molecular formula is C16H18O3. The van der Waals surface area contributed by atoms with Crippen LogP contribution in [0.15, 0.2) is 40.8 Å². The molecule has 0 atom stereocenters. The van der Waals surface area contributed by atoms with Crippen LogP contribution in [-0.4, -0.2) is 19.5 Å². The summed E-state index contributed by atoms with van der Waals surface area (Å²) in [6.07, 6.45) is 1.19. The molecule has 1 heterocycles. The van der Waals surface area contributed by atoms with Crippen LogP contribution in [0.2, 0.25) is 0 Å². The highest BCUT2D eigenvalue weighted by atomic mass is 16.5. The standard InChI is InChI=1S/C16H18O3/c1-12(17)11-14-7-8-16(19-14)15-6-4-3-5-13(15)9-10-18-2/h3-8H,9-11H2,1-2H3. The van der Waals surface area contributed by atoms with E-state index in [0.717, 1.165) is 17.7 Å². The molecule has 0 bridgehead atoms. The lowest BCUT2D eigenvalue weighted by Crippen LogP contribution is -1.96. The molecule has 0 N–H and O–H groups in total. The summed E-state index contributed by atoms with van der Waals surface area (Å²) in [4.78, 5) is 11.1. The molecule has 0 aliphatic rings. The van der Waals surface area contributed by atoms with E-state index in [9.17, 15) is 4.79 Å². The maximum atomic E-state index is 11.1. The molecule has 0 spiro atoms. The van der Waals surface area contributed by atoms with Crippen LogP contribution in [0.1, 0.15) is 18.2 Å². The van der Waals surface area contributed by atoms with Gasteiger partial charge in [-0.3, -0.25) is 4.79 Å². The summed E-state index contributed by atoms with van der Waals surface area (Å²) in [6.45, 7) is 2.24. The molecule has 0 aliphatic carbocycles. The number of hydrogen-bond acceptors (Lipinski definition) is 3. The fourth-order valence-corrected chi connectivity index (χ4v) is 2.05. The zero-order valence-electron chi connectivity index (χ0n) is 11.3. The van der Waals surface area contributed by atoms with Crippen molar-refractivity contribution < 1.29 is 13.9 Å². The monoisotopic (exact) mass is 258 g/mol. The van der Waals surface area contributed by atoms with E-state index in [1.807, 2.05) is 30.3 Å². The zero-order valence-corrected chi connectivity index (χ0v) is 11.3. The SMILES string of the molecule is COCCc1ccccc1-c1ccc(CC(C)=O)o1. The lowest BCUT2D eigenvalue weighted by Gasteiger charge is -2.06. The minimum absolute atomic E-state index is 0.105. The molecule has 1 aromatic carbocycles. The molecule has 0 unspecified atom stereocenters. The van der Waals surface area contributed by atoms with Gasteiger partial charge in [0.15, 0.2) is 0 Å². The Labute approximate surface area is 113 Å². The van der Waals surface area contributed by atoms with Gasteiger partial charge in [-0.25, -0.2) is 0 Å². The van der Waals surface area contributed by atoms with Crippen molar-refractivity contribution in [3.63, 3.8) is 0 Å². The molecular weight excluding hydrogens is 240 g/mol. The van der Waals surface area contributed by atoms with Crippen molar-refractivity contribution in [3.8, 4) is 11.3 Å². The van der Waals surface area contributed by atoms with Crippen LogP contribution in [0, 0.1) is 0 Å². The normalized spacial score (nSPS) is 10.6. The van der Waals surface area contributed by atoms with E-state index in [4.69, 9.17) is 9.15 Å². The highest BCUT2D eigenvalue weighted by Gasteiger charge is 2.10. The molecule has 3 nitrogen and oxygen atoms in total. The Morgan fingerprint density at radius 1 is 1.21 bits per heavy atom. The van der Waals surface area contributed by atoms with Gasteiger partial charge >= 0.3 is 0 Å². The second-order valence-corrected chi connectivity index (χ2v) is 4.54. The molecule has 0 radical (unpaired) electrons. The average Bonchev–Trinajstić information content (AvgIpc) is 2.84. The van der Waals surface area contributed by atoms with Crippen LogP contribution in [-0.2, 0) is 22.4 Å². The summed E-state index contributed by atoms with van der Waals surface area (Å²) >= 11 is 0. The van der Waals surface area contributed by atoms with Crippen LogP contribution >= 0.6 is 0 Å². The number of benzene rings is 1. The summed E-state index contributed by atoms with van der Waals surface area (Å²) in [5.74, 6) is 1.63. The number of hydrogen-bond donors (Lipinski definition) is 0. The van der Waals surface area contributed by atoms with Gasteiger partial charge in [-0.05, 0) is 31.0 Å². The first-order valence-corrected chi connectivity index (χ1v) is 6.36. The Morgan fingerprint density at radius 3 is 2.74 bits per heavy atom. The Morgan fingerprint density at radius 2 is 2.00 bits per heavy atom. The number of furan rings is 1. The van der Waals surface area contributed by atoms with E-state index in [1.54, 1.807) is 14.0 Å². The smallest absolute Gasteiger partial charge is 0.137 e. The van der Waals surface area contributed by atoms with Gasteiger partial charge in [-0.1, -0.05) is 24.3 Å². The van der Waals surface area contributed by atoms with Crippen LogP contribution in [0.4, 0.5) is 0 Å². The van der Waals surface area contributed by atoms with Crippen molar-refractivity contribution in [1.82, 2.24) is 0 Å². The number of rotatable bonds is 6. The molecule has 0 fully saturated rings. The zero-order chi connectivity index (χ0) is 13.7. The molecule has 19 heavy (non-hydrogen) atoms. The minimum Gasteiger partial charge on any atom is -0.461 e. The average molecular weight is 258 g/mol. The van der Waals surface area contributed by atoms with Gasteiger partial charge in [0.05, 0.1) is 13.0 Å². The fourth-order valence-electron chi connectivity index (χ4n) is 2.05. The predicted molar refractivity (Wildman–Crippen MR) is 74.1 cm³/mol. The molecule has 100 valence electrons. The molecule has 0 amide bonds. The van der Waals surface area contributed by atoms with E-state index in [2.05, 4.69) is 6.07 Å². The molecule has 3 heteroatoms. The van der Waals surface area contributed by atoms with Gasteiger partial charge < -0.3 is 9.15 Å². The summed E-state index contributed by atoms with van der Waals surface area (Å²) in [7, 11) is 1.69. The van der Waals surface area contributed by atoms with Crippen LogP contribution in [0.3, 0.4) is 0 Å². The number of carbonyl (C=O) groups is 1. The molecule has 2 aromatic rings. The van der Waals surface area contributed by atoms with Crippen molar-refractivity contribution in [2.45, 2.75) is 19.8 Å². The van der Waals surface area contributed by atoms with Crippen LogP contribution in [0.25, 0.3) is 11.3 Å². The quantitative estimate of drug-likeness (QED) is 0.798. The summed E-state index contributed by atoms with van der Waals surface area (Å²) in [6, 6.07) is 11.9. The van der Waals surface area contributed by atoms with Crippen LogP contribution in [0.5, 0.6) is 0 Å². The maximum absolute atomic E-state index is 11.1. The van der Waals surface area contributed by atoms with Crippen molar-refractivity contribution in [2.24, 2.45) is 0 Å². The molecule has 0 aliphatic heterocycles. The molecule has 2 rings (SSSR count). The third-order valence-corrected chi connectivity index (χ3v) is 2.94. The van der Waals surface area contributed by atoms with Gasteiger partial charge in [0.25, 0.3) is 0 Å². The maximum Gasteiger partial charge on any atom is 0.137 e. The summed E-state index contributed by atoms with van der Waals surface area (Å²) in [5.41, 5.74) is 2.25. The minimum atomic E-state index is 0.105. The first-order valence-electron chi connectivity index (χ1n) is 6.36. The third-order valence-electron chi connectivity index (χ3n) is 2.94. The van der Waals surface area contributed by atoms with Gasteiger partial charge in [0.1, 0.15) is 17.3 Å². The van der Waals surface area contributed by atoms with Crippen molar-refractivity contribution in [2.75, 3.05) is 13.7 Å². The van der Waals surface area contributed by atoms with E-state index < -0.39 is 0 Å². The topological polar surface area (TPSA) is 39.4 Å². The Bertz CT molecular complexity index is 555. The lowest BCUT2D eigenvalue weighted by atomic mass is 10.0. The van der Waals surface area contributed by atoms with Crippen molar-refractivity contribution >= 4 is 5.78 Å². The Balaban J connectivity index is 2.25. The summed E-state index contributed by atoms with van der Waals surface area (Å²) in [5, 5.41) is 0. The van der Waals surface area contributed by atoms with E-state index in [-0.39, 0.29) is 5.78 Å². The molecule has 0 saturated carbocycles. The predicted octanol–water partition coefficient (Wildman–Crippen LogP) is 3.27. The van der Waals surface area contributed by atoms with Gasteiger partial charge in [-0.15, -0.1) is 0 Å². The second-order valence-electron chi connectivity index (χ2n) is 4.54. The molecule has 1 aromatic heterocycles. The number of Topliss-reactive ketones (excluding diaryl/α,β-unsaturated/α-hetero) is 1. The van der Waals surface area contributed by atoms with Crippen LogP contribution < -0.4 is 0 Å². The Hall–Kier alpha value is -1.87. The molecule has 0 saturated heterocycles. The van der Waals surface area contributed by atoms with Gasteiger partial charge in [0, 0.05) is 12.7 Å². The lowest BCUT2D eigenvalue weighted by molar-refractivity contribution is -0.116. The first kappa shape index (κ1) is 13.6. The van der Waals surface area contributed by atoms with Crippen molar-refractivity contribution in [3.05, 3.63) is 47.7 Å². The highest BCUT2D eigenvalue weighted by Crippen LogP contribution is 2.26. The van der Waals surface area contributed by atoms with E-state index >= 15 is 0 Å². The van der Waals surface area contributed by atoms with Gasteiger partial charge in [-0.2, -0.15) is 0 Å². The fraction of sp³-hybridized carbons (Fsp3) is 0.312. The first-order chi connectivity index (χ1) is 9.20. The Kier molecular flexibility index (Phi) is 4.53. The summed E-state index contributed by atoms with van der Waals surface area (Å²) < 4.78 is 10.9. The number of carbonyl (C=O) groups excluding carboxylic acids is 1. The number of methoxy groups -OCH3 is 1. The third kappa shape index (κ3) is 3.55. The highest BCUT2D eigenvalue weighted by molar-refractivity contribution is 5.77. The van der Waals surface area contributed by atoms with Crippen molar-refractivity contribution in [1.29, 1.82) is 0 Å². The van der Waals surface area contributed by atoms with E-state index in [0.29, 0.717) is 18.8 Å². The number of ketones is 1. The van der Waals surface area contributed by atoms with E-state index in [1.165, 1.54) is 5.56 Å². The largest absolute Gasteiger partial charge is 0.461 e. The second kappa shape index (κ2) is 6.34.